The number of imide groups is 1. The van der Waals surface area contributed by atoms with E-state index < -0.39 is 24.3 Å². The summed E-state index contributed by atoms with van der Waals surface area (Å²) in [5.74, 6) is -2.52. The molecule has 5 heteroatoms. The van der Waals surface area contributed by atoms with Gasteiger partial charge >= 0.3 is 0 Å². The van der Waals surface area contributed by atoms with Crippen molar-refractivity contribution in [1.29, 1.82) is 0 Å². The Morgan fingerprint density at radius 3 is 2.69 bits per heavy atom. The molecular formula is C11H8NO4-. The number of carbonyl (C=O) groups excluding carboxylic acids is 3. The van der Waals surface area contributed by atoms with Crippen LogP contribution in [0.2, 0.25) is 0 Å². The van der Waals surface area contributed by atoms with E-state index in [-0.39, 0.29) is 6.42 Å². The number of carbonyl (C=O) groups is 3. The highest BCUT2D eigenvalue weighted by molar-refractivity contribution is 6.10. The number of aliphatic carboxylic acids is 1. The molecule has 0 N–H and O–H groups in total. The average molecular weight is 218 g/mol. The molecule has 0 bridgehead atoms. The maximum atomic E-state index is 11.8. The van der Waals surface area contributed by atoms with Gasteiger partial charge in [-0.3, -0.25) is 14.5 Å². The Labute approximate surface area is 91.3 Å². The van der Waals surface area contributed by atoms with Crippen LogP contribution < -0.4 is 5.11 Å². The summed E-state index contributed by atoms with van der Waals surface area (Å²) in [7, 11) is 0. The molecule has 1 aliphatic rings. The van der Waals surface area contributed by atoms with E-state index in [1.165, 1.54) is 0 Å². The average Bonchev–Trinajstić information content (AvgIpc) is 2.24. The standard InChI is InChI=1S/C11H9NO4/c13-9-5-7-3-1-2-4-8(7)11(16)12(9)6-10(14)15/h1-4H,5-6H2,(H,14,15)/p-1. The van der Waals surface area contributed by atoms with Gasteiger partial charge in [0.15, 0.2) is 0 Å². The first-order chi connectivity index (χ1) is 7.59. The number of benzene rings is 1. The Balaban J connectivity index is 2.38. The van der Waals surface area contributed by atoms with Crippen LogP contribution in [-0.2, 0) is 16.0 Å². The lowest BCUT2D eigenvalue weighted by molar-refractivity contribution is -0.305. The first-order valence-corrected chi connectivity index (χ1v) is 4.72. The van der Waals surface area contributed by atoms with Gasteiger partial charge in [0.1, 0.15) is 0 Å². The van der Waals surface area contributed by atoms with E-state index in [0.29, 0.717) is 16.0 Å². The monoisotopic (exact) mass is 218 g/mol. The smallest absolute Gasteiger partial charge is 0.261 e. The summed E-state index contributed by atoms with van der Waals surface area (Å²) in [6, 6.07) is 6.66. The van der Waals surface area contributed by atoms with E-state index in [4.69, 9.17) is 0 Å². The number of fused-ring (bicyclic) bond motifs is 1. The third-order valence-electron chi connectivity index (χ3n) is 2.42. The number of carboxylic acids is 1. The zero-order valence-corrected chi connectivity index (χ0v) is 8.30. The van der Waals surface area contributed by atoms with Crippen LogP contribution in [-0.4, -0.2) is 29.2 Å². The molecule has 0 unspecified atom stereocenters. The summed E-state index contributed by atoms with van der Waals surface area (Å²) in [5, 5.41) is 10.4. The highest BCUT2D eigenvalue weighted by Gasteiger charge is 2.30. The molecule has 5 nitrogen and oxygen atoms in total. The van der Waals surface area contributed by atoms with E-state index in [1.807, 2.05) is 0 Å². The number of hydrogen-bond acceptors (Lipinski definition) is 4. The molecule has 1 aliphatic heterocycles. The molecule has 1 aromatic rings. The van der Waals surface area contributed by atoms with Crippen LogP contribution in [0.5, 0.6) is 0 Å². The van der Waals surface area contributed by atoms with Gasteiger partial charge < -0.3 is 9.90 Å². The zero-order chi connectivity index (χ0) is 11.7. The Kier molecular flexibility index (Phi) is 2.44. The molecule has 0 aliphatic carbocycles. The zero-order valence-electron chi connectivity index (χ0n) is 8.30. The molecule has 0 saturated carbocycles. The lowest BCUT2D eigenvalue weighted by Crippen LogP contribution is -2.48. The van der Waals surface area contributed by atoms with Crippen molar-refractivity contribution in [2.75, 3.05) is 6.54 Å². The molecular weight excluding hydrogens is 210 g/mol. The van der Waals surface area contributed by atoms with E-state index in [9.17, 15) is 19.5 Å². The molecule has 1 aromatic carbocycles. The van der Waals surface area contributed by atoms with Crippen molar-refractivity contribution in [3.63, 3.8) is 0 Å². The van der Waals surface area contributed by atoms with Gasteiger partial charge in [0.25, 0.3) is 5.91 Å². The van der Waals surface area contributed by atoms with E-state index >= 15 is 0 Å². The minimum atomic E-state index is -1.44. The maximum absolute atomic E-state index is 11.8. The van der Waals surface area contributed by atoms with Gasteiger partial charge in [-0.25, -0.2) is 0 Å². The number of hydrogen-bond donors (Lipinski definition) is 0. The molecule has 0 saturated heterocycles. The summed E-state index contributed by atoms with van der Waals surface area (Å²) in [6.45, 7) is -0.688. The molecule has 2 amide bonds. The Hall–Kier alpha value is -2.17. The minimum Gasteiger partial charge on any atom is -0.548 e. The lowest BCUT2D eigenvalue weighted by Gasteiger charge is -2.26. The Morgan fingerprint density at radius 2 is 2.00 bits per heavy atom. The number of nitrogens with zero attached hydrogens (tertiary/aromatic N) is 1. The van der Waals surface area contributed by atoms with Gasteiger partial charge in [-0.2, -0.15) is 0 Å². The van der Waals surface area contributed by atoms with Crippen molar-refractivity contribution in [1.82, 2.24) is 4.90 Å². The second-order valence-corrected chi connectivity index (χ2v) is 3.49. The first-order valence-electron chi connectivity index (χ1n) is 4.72. The normalized spacial score (nSPS) is 14.9. The van der Waals surface area contributed by atoms with E-state index in [2.05, 4.69) is 0 Å². The molecule has 0 atom stereocenters. The number of amides is 2. The second-order valence-electron chi connectivity index (χ2n) is 3.49. The molecule has 0 fully saturated rings. The van der Waals surface area contributed by atoms with Crippen LogP contribution in [0, 0.1) is 0 Å². The third-order valence-corrected chi connectivity index (χ3v) is 2.42. The molecule has 0 aromatic heterocycles. The first kappa shape index (κ1) is 10.4. The highest BCUT2D eigenvalue weighted by atomic mass is 16.4. The molecule has 82 valence electrons. The summed E-state index contributed by atoms with van der Waals surface area (Å²) >= 11 is 0. The quantitative estimate of drug-likeness (QED) is 0.594. The van der Waals surface area contributed by atoms with Crippen molar-refractivity contribution in [2.45, 2.75) is 6.42 Å². The fraction of sp³-hybridized carbons (Fsp3) is 0.182. The van der Waals surface area contributed by atoms with Crippen molar-refractivity contribution >= 4 is 17.8 Å². The van der Waals surface area contributed by atoms with E-state index in [0.717, 1.165) is 0 Å². The van der Waals surface area contributed by atoms with Crippen LogP contribution in [0.1, 0.15) is 15.9 Å². The van der Waals surface area contributed by atoms with Crippen LogP contribution >= 0.6 is 0 Å². The van der Waals surface area contributed by atoms with Gasteiger partial charge in [-0.1, -0.05) is 18.2 Å². The fourth-order valence-corrected chi connectivity index (χ4v) is 1.69. The summed E-state index contributed by atoms with van der Waals surface area (Å²) in [6.07, 6.45) is 0.0508. The largest absolute Gasteiger partial charge is 0.548 e. The van der Waals surface area contributed by atoms with Gasteiger partial charge in [0.2, 0.25) is 5.91 Å². The number of rotatable bonds is 2. The van der Waals surface area contributed by atoms with Gasteiger partial charge in [0.05, 0.1) is 18.9 Å². The summed E-state index contributed by atoms with van der Waals surface area (Å²) in [4.78, 5) is 34.4. The van der Waals surface area contributed by atoms with Crippen LogP contribution in [0.3, 0.4) is 0 Å². The molecule has 16 heavy (non-hydrogen) atoms. The van der Waals surface area contributed by atoms with Crippen LogP contribution in [0.25, 0.3) is 0 Å². The highest BCUT2D eigenvalue weighted by Crippen LogP contribution is 2.18. The second kappa shape index (κ2) is 3.77. The Morgan fingerprint density at radius 1 is 1.31 bits per heavy atom. The maximum Gasteiger partial charge on any atom is 0.261 e. The SMILES string of the molecule is O=C([O-])CN1C(=O)Cc2ccccc2C1=O. The molecule has 2 rings (SSSR count). The van der Waals surface area contributed by atoms with Gasteiger partial charge in [-0.15, -0.1) is 0 Å². The minimum absolute atomic E-state index is 0.0508. The molecule has 1 heterocycles. The predicted molar refractivity (Wildman–Crippen MR) is 51.2 cm³/mol. The summed E-state index contributed by atoms with van der Waals surface area (Å²) < 4.78 is 0. The van der Waals surface area contributed by atoms with Crippen molar-refractivity contribution < 1.29 is 19.5 Å². The van der Waals surface area contributed by atoms with Crippen molar-refractivity contribution in [3.8, 4) is 0 Å². The van der Waals surface area contributed by atoms with Crippen LogP contribution in [0.15, 0.2) is 24.3 Å². The number of carboxylic acid groups (broad SMARTS) is 1. The topological polar surface area (TPSA) is 77.5 Å². The fourth-order valence-electron chi connectivity index (χ4n) is 1.69. The molecule has 0 radical (unpaired) electrons. The van der Waals surface area contributed by atoms with Gasteiger partial charge in [-0.05, 0) is 11.6 Å². The van der Waals surface area contributed by atoms with Crippen molar-refractivity contribution in [3.05, 3.63) is 35.4 Å². The van der Waals surface area contributed by atoms with Gasteiger partial charge in [0, 0.05) is 5.56 Å². The predicted octanol–water partition coefficient (Wildman–Crippen LogP) is -1.04. The Bertz CT molecular complexity index is 481. The third kappa shape index (κ3) is 1.67. The van der Waals surface area contributed by atoms with E-state index in [1.54, 1.807) is 24.3 Å². The molecule has 0 spiro atoms. The van der Waals surface area contributed by atoms with Crippen LogP contribution in [0.4, 0.5) is 0 Å². The van der Waals surface area contributed by atoms with Crippen molar-refractivity contribution in [2.24, 2.45) is 0 Å². The lowest BCUT2D eigenvalue weighted by atomic mass is 9.99. The summed E-state index contributed by atoms with van der Waals surface area (Å²) in [5.41, 5.74) is 1.01.